The van der Waals surface area contributed by atoms with Gasteiger partial charge in [0, 0.05) is 19.1 Å². The third kappa shape index (κ3) is 2.66. The molecular weight excluding hydrogens is 164 g/mol. The van der Waals surface area contributed by atoms with Crippen LogP contribution in [-0.4, -0.2) is 43.3 Å². The smallest absolute Gasteiger partial charge is 0.0638 e. The Morgan fingerprint density at radius 3 is 2.31 bits per heavy atom. The van der Waals surface area contributed by atoms with Crippen molar-refractivity contribution in [1.29, 1.82) is 0 Å². The predicted molar refractivity (Wildman–Crippen MR) is 54.5 cm³/mol. The fourth-order valence-electron chi connectivity index (χ4n) is 1.61. The van der Waals surface area contributed by atoms with Crippen LogP contribution < -0.4 is 5.73 Å². The van der Waals surface area contributed by atoms with E-state index >= 15 is 0 Å². The van der Waals surface area contributed by atoms with Gasteiger partial charge in [0.05, 0.1) is 19.3 Å². The SMILES string of the molecule is C=CCN(CC=C)C1COC[C@@H]1N. The van der Waals surface area contributed by atoms with Crippen LogP contribution in [0.15, 0.2) is 25.3 Å². The average molecular weight is 182 g/mol. The fraction of sp³-hybridized carbons (Fsp3) is 0.600. The average Bonchev–Trinajstić information content (AvgIpc) is 2.51. The molecule has 0 aromatic rings. The maximum atomic E-state index is 5.91. The van der Waals surface area contributed by atoms with Gasteiger partial charge in [0.25, 0.3) is 0 Å². The van der Waals surface area contributed by atoms with Gasteiger partial charge in [-0.25, -0.2) is 0 Å². The second kappa shape index (κ2) is 5.17. The van der Waals surface area contributed by atoms with Crippen molar-refractivity contribution >= 4 is 0 Å². The van der Waals surface area contributed by atoms with Crippen molar-refractivity contribution in [3.63, 3.8) is 0 Å². The van der Waals surface area contributed by atoms with E-state index in [1.165, 1.54) is 0 Å². The van der Waals surface area contributed by atoms with Crippen molar-refractivity contribution in [2.75, 3.05) is 26.3 Å². The van der Waals surface area contributed by atoms with E-state index in [0.29, 0.717) is 12.6 Å². The lowest BCUT2D eigenvalue weighted by Crippen LogP contribution is -2.47. The molecule has 1 rings (SSSR count). The molecule has 2 N–H and O–H groups in total. The van der Waals surface area contributed by atoms with Crippen LogP contribution in [0.25, 0.3) is 0 Å². The van der Waals surface area contributed by atoms with E-state index in [0.717, 1.165) is 19.7 Å². The summed E-state index contributed by atoms with van der Waals surface area (Å²) in [6, 6.07) is 0.441. The lowest BCUT2D eigenvalue weighted by molar-refractivity contribution is 0.158. The third-order valence-electron chi connectivity index (χ3n) is 2.29. The van der Waals surface area contributed by atoms with Gasteiger partial charge in [0.2, 0.25) is 0 Å². The van der Waals surface area contributed by atoms with Crippen LogP contribution >= 0.6 is 0 Å². The Labute approximate surface area is 79.9 Å². The van der Waals surface area contributed by atoms with Crippen molar-refractivity contribution in [3.05, 3.63) is 25.3 Å². The molecule has 1 aliphatic rings. The van der Waals surface area contributed by atoms with Crippen LogP contribution in [0.1, 0.15) is 0 Å². The minimum atomic E-state index is 0.125. The highest BCUT2D eigenvalue weighted by atomic mass is 16.5. The molecule has 1 saturated heterocycles. The maximum Gasteiger partial charge on any atom is 0.0638 e. The molecule has 0 aliphatic carbocycles. The number of ether oxygens (including phenoxy) is 1. The number of rotatable bonds is 5. The molecule has 3 heteroatoms. The van der Waals surface area contributed by atoms with E-state index in [1.807, 2.05) is 12.2 Å². The van der Waals surface area contributed by atoms with E-state index in [-0.39, 0.29) is 6.04 Å². The first-order chi connectivity index (χ1) is 6.29. The largest absolute Gasteiger partial charge is 0.378 e. The summed E-state index contributed by atoms with van der Waals surface area (Å²) in [5, 5.41) is 0. The van der Waals surface area contributed by atoms with Crippen LogP contribution in [0.5, 0.6) is 0 Å². The standard InChI is InChI=1S/C10H18N2O/c1-3-5-12(6-4-2)10-8-13-7-9(10)11/h3-4,9-10H,1-2,5-8,11H2/t9-,10?/m0/s1. The predicted octanol–water partition coefficient (Wildman–Crippen LogP) is 0.386. The van der Waals surface area contributed by atoms with Crippen molar-refractivity contribution in [3.8, 4) is 0 Å². The van der Waals surface area contributed by atoms with E-state index in [2.05, 4.69) is 18.1 Å². The maximum absolute atomic E-state index is 5.91. The Morgan fingerprint density at radius 2 is 1.92 bits per heavy atom. The Hall–Kier alpha value is -0.640. The molecule has 0 bridgehead atoms. The molecule has 2 atom stereocenters. The summed E-state index contributed by atoms with van der Waals surface area (Å²) in [5.41, 5.74) is 5.91. The van der Waals surface area contributed by atoms with Gasteiger partial charge in [-0.3, -0.25) is 4.90 Å². The Balaban J connectivity index is 2.51. The second-order valence-corrected chi connectivity index (χ2v) is 3.30. The quantitative estimate of drug-likeness (QED) is 0.625. The first kappa shape index (κ1) is 10.4. The first-order valence-corrected chi connectivity index (χ1v) is 4.58. The zero-order valence-corrected chi connectivity index (χ0v) is 7.98. The number of nitrogens with two attached hydrogens (primary N) is 1. The Morgan fingerprint density at radius 1 is 1.31 bits per heavy atom. The normalized spacial score (nSPS) is 27.8. The first-order valence-electron chi connectivity index (χ1n) is 4.58. The molecule has 13 heavy (non-hydrogen) atoms. The third-order valence-corrected chi connectivity index (χ3v) is 2.29. The van der Waals surface area contributed by atoms with E-state index in [4.69, 9.17) is 10.5 Å². The van der Waals surface area contributed by atoms with Crippen LogP contribution in [0, 0.1) is 0 Å². The van der Waals surface area contributed by atoms with Crippen LogP contribution in [-0.2, 0) is 4.74 Å². The molecule has 0 spiro atoms. The van der Waals surface area contributed by atoms with Crippen molar-refractivity contribution in [2.45, 2.75) is 12.1 Å². The molecule has 1 fully saturated rings. The van der Waals surface area contributed by atoms with Gasteiger partial charge in [0.1, 0.15) is 0 Å². The molecule has 3 nitrogen and oxygen atoms in total. The number of hydrogen-bond donors (Lipinski definition) is 1. The minimum absolute atomic E-state index is 0.125. The fourth-order valence-corrected chi connectivity index (χ4v) is 1.61. The highest BCUT2D eigenvalue weighted by molar-refractivity contribution is 4.92. The van der Waals surface area contributed by atoms with Gasteiger partial charge >= 0.3 is 0 Å². The molecule has 0 amide bonds. The summed E-state index contributed by atoms with van der Waals surface area (Å²) in [5.74, 6) is 0. The van der Waals surface area contributed by atoms with Gasteiger partial charge in [-0.15, -0.1) is 13.2 Å². The van der Waals surface area contributed by atoms with Crippen molar-refractivity contribution < 1.29 is 4.74 Å². The summed E-state index contributed by atoms with van der Waals surface area (Å²) in [7, 11) is 0. The summed E-state index contributed by atoms with van der Waals surface area (Å²) in [6.45, 7) is 10.5. The van der Waals surface area contributed by atoms with Crippen molar-refractivity contribution in [1.82, 2.24) is 4.90 Å². The van der Waals surface area contributed by atoms with Gasteiger partial charge in [0.15, 0.2) is 0 Å². The molecule has 74 valence electrons. The van der Waals surface area contributed by atoms with Gasteiger partial charge in [-0.1, -0.05) is 12.2 Å². The van der Waals surface area contributed by atoms with Gasteiger partial charge < -0.3 is 10.5 Å². The summed E-state index contributed by atoms with van der Waals surface area (Å²) in [6.07, 6.45) is 3.77. The van der Waals surface area contributed by atoms with Crippen LogP contribution in [0.3, 0.4) is 0 Å². The molecule has 0 aromatic heterocycles. The second-order valence-electron chi connectivity index (χ2n) is 3.30. The molecular formula is C10H18N2O. The van der Waals surface area contributed by atoms with E-state index in [1.54, 1.807) is 0 Å². The van der Waals surface area contributed by atoms with Gasteiger partial charge in [-0.05, 0) is 0 Å². The number of hydrogen-bond acceptors (Lipinski definition) is 3. The molecule has 1 unspecified atom stereocenters. The van der Waals surface area contributed by atoms with Crippen LogP contribution in [0.4, 0.5) is 0 Å². The molecule has 1 aliphatic heterocycles. The topological polar surface area (TPSA) is 38.5 Å². The summed E-state index contributed by atoms with van der Waals surface area (Å²) < 4.78 is 5.31. The van der Waals surface area contributed by atoms with Crippen LogP contribution in [0.2, 0.25) is 0 Å². The monoisotopic (exact) mass is 182 g/mol. The highest BCUT2D eigenvalue weighted by Gasteiger charge is 2.28. The van der Waals surface area contributed by atoms with Gasteiger partial charge in [-0.2, -0.15) is 0 Å². The molecule has 0 radical (unpaired) electrons. The lowest BCUT2D eigenvalue weighted by Gasteiger charge is -2.27. The summed E-state index contributed by atoms with van der Waals surface area (Å²) in [4.78, 5) is 2.23. The zero-order chi connectivity index (χ0) is 9.68. The summed E-state index contributed by atoms with van der Waals surface area (Å²) >= 11 is 0. The van der Waals surface area contributed by atoms with Crippen molar-refractivity contribution in [2.24, 2.45) is 5.73 Å². The number of nitrogens with zero attached hydrogens (tertiary/aromatic N) is 1. The minimum Gasteiger partial charge on any atom is -0.378 e. The molecule has 0 aromatic carbocycles. The zero-order valence-electron chi connectivity index (χ0n) is 7.98. The lowest BCUT2D eigenvalue weighted by atomic mass is 10.1. The Kier molecular flexibility index (Phi) is 4.15. The Bertz CT molecular complexity index is 172. The molecule has 1 heterocycles. The van der Waals surface area contributed by atoms with E-state index < -0.39 is 0 Å². The highest BCUT2D eigenvalue weighted by Crippen LogP contribution is 2.11. The van der Waals surface area contributed by atoms with E-state index in [9.17, 15) is 0 Å². The molecule has 0 saturated carbocycles.